The number of anilines is 1. The van der Waals surface area contributed by atoms with Crippen molar-refractivity contribution in [2.24, 2.45) is 13.0 Å². The highest BCUT2D eigenvalue weighted by molar-refractivity contribution is 5.89. The lowest BCUT2D eigenvalue weighted by atomic mass is 10.0. The number of aromatic nitrogens is 2. The number of amides is 2. The van der Waals surface area contributed by atoms with Crippen molar-refractivity contribution in [3.8, 4) is 5.88 Å². The Morgan fingerprint density at radius 2 is 2.11 bits per heavy atom. The van der Waals surface area contributed by atoms with Gasteiger partial charge in [0, 0.05) is 19.2 Å². The van der Waals surface area contributed by atoms with Crippen molar-refractivity contribution in [3.63, 3.8) is 0 Å². The van der Waals surface area contributed by atoms with E-state index in [1.54, 1.807) is 20.0 Å². The van der Waals surface area contributed by atoms with Gasteiger partial charge in [-0.3, -0.25) is 10.1 Å². The number of methoxy groups -OCH3 is 1. The molecule has 2 atom stereocenters. The molecule has 0 bridgehead atoms. The summed E-state index contributed by atoms with van der Waals surface area (Å²) in [6.07, 6.45) is 0. The number of carboxylic acids is 1. The molecule has 1 heterocycles. The molecular weight excluding hydrogens is 252 g/mol. The predicted molar refractivity (Wildman–Crippen MR) is 68.2 cm³/mol. The number of nitrogens with one attached hydrogen (secondary N) is 2. The van der Waals surface area contributed by atoms with Crippen LogP contribution in [0.25, 0.3) is 0 Å². The lowest BCUT2D eigenvalue weighted by Gasteiger charge is -2.17. The monoisotopic (exact) mass is 270 g/mol. The van der Waals surface area contributed by atoms with Crippen LogP contribution >= 0.6 is 0 Å². The molecule has 0 saturated heterocycles. The molecule has 8 heteroatoms. The molecule has 19 heavy (non-hydrogen) atoms. The number of urea groups is 1. The van der Waals surface area contributed by atoms with Gasteiger partial charge in [0.05, 0.1) is 13.0 Å². The van der Waals surface area contributed by atoms with Gasteiger partial charge in [-0.2, -0.15) is 5.10 Å². The Morgan fingerprint density at radius 1 is 1.47 bits per heavy atom. The first-order chi connectivity index (χ1) is 8.85. The zero-order chi connectivity index (χ0) is 14.6. The van der Waals surface area contributed by atoms with Gasteiger partial charge < -0.3 is 15.2 Å². The van der Waals surface area contributed by atoms with E-state index in [4.69, 9.17) is 9.84 Å². The minimum atomic E-state index is -0.965. The van der Waals surface area contributed by atoms with Crippen LogP contribution < -0.4 is 15.4 Å². The van der Waals surface area contributed by atoms with Gasteiger partial charge in [0.15, 0.2) is 5.82 Å². The molecule has 0 saturated carbocycles. The molecule has 2 unspecified atom stereocenters. The zero-order valence-corrected chi connectivity index (χ0v) is 11.3. The maximum atomic E-state index is 11.7. The van der Waals surface area contributed by atoms with Gasteiger partial charge in [-0.15, -0.1) is 0 Å². The van der Waals surface area contributed by atoms with Gasteiger partial charge in [-0.05, 0) is 13.8 Å². The topological polar surface area (TPSA) is 105 Å². The van der Waals surface area contributed by atoms with E-state index in [9.17, 15) is 9.59 Å². The summed E-state index contributed by atoms with van der Waals surface area (Å²) in [5, 5.41) is 17.9. The normalized spacial score (nSPS) is 13.5. The van der Waals surface area contributed by atoms with Crippen molar-refractivity contribution in [1.82, 2.24) is 15.1 Å². The van der Waals surface area contributed by atoms with Crippen LogP contribution in [-0.2, 0) is 11.8 Å². The molecule has 8 nitrogen and oxygen atoms in total. The number of aliphatic carboxylic acids is 1. The highest BCUT2D eigenvalue weighted by Gasteiger charge is 2.21. The number of carboxylic acid groups (broad SMARTS) is 1. The average molecular weight is 270 g/mol. The van der Waals surface area contributed by atoms with Crippen molar-refractivity contribution >= 4 is 17.8 Å². The van der Waals surface area contributed by atoms with E-state index in [1.807, 2.05) is 0 Å². The molecule has 2 amide bonds. The van der Waals surface area contributed by atoms with E-state index in [0.717, 1.165) is 0 Å². The van der Waals surface area contributed by atoms with Crippen LogP contribution in [-0.4, -0.2) is 40.0 Å². The Balaban J connectivity index is 2.57. The van der Waals surface area contributed by atoms with Crippen molar-refractivity contribution in [3.05, 3.63) is 6.07 Å². The van der Waals surface area contributed by atoms with Crippen molar-refractivity contribution in [2.75, 3.05) is 12.4 Å². The molecule has 1 aromatic heterocycles. The summed E-state index contributed by atoms with van der Waals surface area (Å²) < 4.78 is 6.48. The van der Waals surface area contributed by atoms with E-state index < -0.39 is 24.0 Å². The fourth-order valence-corrected chi connectivity index (χ4v) is 1.40. The first-order valence-corrected chi connectivity index (χ1v) is 5.73. The first-order valence-electron chi connectivity index (χ1n) is 5.73. The Bertz CT molecular complexity index is 471. The second kappa shape index (κ2) is 6.07. The van der Waals surface area contributed by atoms with Crippen LogP contribution in [0.15, 0.2) is 6.07 Å². The SMILES string of the molecule is COc1cc(NC(=O)NC(C)C(C)C(=O)O)nn1C. The lowest BCUT2D eigenvalue weighted by molar-refractivity contribution is -0.141. The molecule has 1 aromatic rings. The van der Waals surface area contributed by atoms with Crippen LogP contribution in [0.4, 0.5) is 10.6 Å². The number of carbonyl (C=O) groups excluding carboxylic acids is 1. The molecule has 0 aliphatic rings. The molecule has 0 aliphatic carbocycles. The highest BCUT2D eigenvalue weighted by Crippen LogP contribution is 2.15. The molecular formula is C11H18N4O4. The standard InChI is InChI=1S/C11H18N4O4/c1-6(10(16)17)7(2)12-11(18)13-8-5-9(19-4)15(3)14-8/h5-7H,1-4H3,(H,16,17)(H2,12,13,14,18). The number of ether oxygens (including phenoxy) is 1. The van der Waals surface area contributed by atoms with Crippen LogP contribution in [0.3, 0.4) is 0 Å². The number of carbonyl (C=O) groups is 2. The summed E-state index contributed by atoms with van der Waals surface area (Å²) in [6.45, 7) is 3.15. The summed E-state index contributed by atoms with van der Waals surface area (Å²) in [7, 11) is 3.18. The molecule has 3 N–H and O–H groups in total. The number of hydrogen-bond acceptors (Lipinski definition) is 4. The maximum Gasteiger partial charge on any atom is 0.320 e. The van der Waals surface area contributed by atoms with Gasteiger partial charge >= 0.3 is 12.0 Å². The third-order valence-electron chi connectivity index (χ3n) is 2.79. The number of aryl methyl sites for hydroxylation is 1. The summed E-state index contributed by atoms with van der Waals surface area (Å²) in [4.78, 5) is 22.4. The average Bonchev–Trinajstić information content (AvgIpc) is 2.67. The molecule has 106 valence electrons. The number of hydrogen-bond donors (Lipinski definition) is 3. The van der Waals surface area contributed by atoms with Crippen LogP contribution in [0, 0.1) is 5.92 Å². The van der Waals surface area contributed by atoms with Gasteiger partial charge in [-0.1, -0.05) is 0 Å². The summed E-state index contributed by atoms with van der Waals surface area (Å²) in [5.74, 6) is -0.814. The molecule has 0 spiro atoms. The van der Waals surface area contributed by atoms with E-state index in [-0.39, 0.29) is 0 Å². The molecule has 1 rings (SSSR count). The predicted octanol–water partition coefficient (Wildman–Crippen LogP) is 0.659. The fraction of sp³-hybridized carbons (Fsp3) is 0.545. The third-order valence-corrected chi connectivity index (χ3v) is 2.79. The quantitative estimate of drug-likeness (QED) is 0.728. The lowest BCUT2D eigenvalue weighted by Crippen LogP contribution is -2.42. The third kappa shape index (κ3) is 3.87. The van der Waals surface area contributed by atoms with E-state index in [0.29, 0.717) is 11.7 Å². The Hall–Kier alpha value is -2.25. The van der Waals surface area contributed by atoms with Crippen molar-refractivity contribution < 1.29 is 19.4 Å². The zero-order valence-electron chi connectivity index (χ0n) is 11.3. The van der Waals surface area contributed by atoms with Crippen LogP contribution in [0.5, 0.6) is 5.88 Å². The molecule has 0 radical (unpaired) electrons. The van der Waals surface area contributed by atoms with Crippen LogP contribution in [0.1, 0.15) is 13.8 Å². The summed E-state index contributed by atoms with van der Waals surface area (Å²) in [5.41, 5.74) is 0. The van der Waals surface area contributed by atoms with Gasteiger partial charge in [0.2, 0.25) is 5.88 Å². The minimum absolute atomic E-state index is 0.326. The smallest absolute Gasteiger partial charge is 0.320 e. The van der Waals surface area contributed by atoms with Gasteiger partial charge in [0.1, 0.15) is 0 Å². The Labute approximate surface area is 110 Å². The van der Waals surface area contributed by atoms with Crippen LogP contribution in [0.2, 0.25) is 0 Å². The Morgan fingerprint density at radius 3 is 2.58 bits per heavy atom. The molecule has 0 aromatic carbocycles. The molecule has 0 aliphatic heterocycles. The number of nitrogens with zero attached hydrogens (tertiary/aromatic N) is 2. The summed E-state index contributed by atoms with van der Waals surface area (Å²) >= 11 is 0. The molecule has 0 fully saturated rings. The minimum Gasteiger partial charge on any atom is -0.481 e. The van der Waals surface area contributed by atoms with E-state index >= 15 is 0 Å². The van der Waals surface area contributed by atoms with E-state index in [1.165, 1.54) is 18.7 Å². The fourth-order valence-electron chi connectivity index (χ4n) is 1.40. The van der Waals surface area contributed by atoms with Gasteiger partial charge in [0.25, 0.3) is 0 Å². The van der Waals surface area contributed by atoms with Crippen molar-refractivity contribution in [2.45, 2.75) is 19.9 Å². The largest absolute Gasteiger partial charge is 0.481 e. The second-order valence-electron chi connectivity index (χ2n) is 4.21. The Kier molecular flexibility index (Phi) is 4.74. The highest BCUT2D eigenvalue weighted by atomic mass is 16.5. The van der Waals surface area contributed by atoms with E-state index in [2.05, 4.69) is 15.7 Å². The maximum absolute atomic E-state index is 11.7. The number of rotatable bonds is 5. The summed E-state index contributed by atoms with van der Waals surface area (Å²) in [6, 6.07) is 0.551. The van der Waals surface area contributed by atoms with Crippen molar-refractivity contribution in [1.29, 1.82) is 0 Å². The first kappa shape index (κ1) is 14.8. The second-order valence-corrected chi connectivity index (χ2v) is 4.21. The van der Waals surface area contributed by atoms with Gasteiger partial charge in [-0.25, -0.2) is 9.48 Å².